The maximum atomic E-state index is 6.12. The second-order valence-corrected chi connectivity index (χ2v) is 4.57. The predicted molar refractivity (Wildman–Crippen MR) is 72.7 cm³/mol. The van der Waals surface area contributed by atoms with E-state index in [0.29, 0.717) is 5.02 Å². The van der Waals surface area contributed by atoms with Gasteiger partial charge >= 0.3 is 0 Å². The molecule has 88 valence electrons. The molecule has 1 aliphatic rings. The van der Waals surface area contributed by atoms with Crippen molar-refractivity contribution >= 4 is 35.6 Å². The largest absolute Gasteiger partial charge is 0.295 e. The number of benzene rings is 1. The zero-order chi connectivity index (χ0) is 10.7. The van der Waals surface area contributed by atoms with Crippen LogP contribution in [0.25, 0.3) is 0 Å². The summed E-state index contributed by atoms with van der Waals surface area (Å²) in [6.07, 6.45) is 5.55. The van der Waals surface area contributed by atoms with E-state index in [1.54, 1.807) is 6.07 Å². The smallest absolute Gasteiger partial charge is 0.0465 e. The van der Waals surface area contributed by atoms with Crippen LogP contribution in [0.15, 0.2) is 30.4 Å². The molecule has 1 aromatic carbocycles. The minimum absolute atomic E-state index is 0. The number of nitrogens with zero attached hydrogens (tertiary/aromatic N) is 1. The molecular formula is C12H14Cl3N. The van der Waals surface area contributed by atoms with Crippen molar-refractivity contribution in [2.24, 2.45) is 0 Å². The van der Waals surface area contributed by atoms with Crippen molar-refractivity contribution in [2.45, 2.75) is 13.0 Å². The molecular weight excluding hydrogens is 264 g/mol. The van der Waals surface area contributed by atoms with Gasteiger partial charge in [0.15, 0.2) is 0 Å². The van der Waals surface area contributed by atoms with Crippen LogP contribution in [0.2, 0.25) is 10.0 Å². The first-order valence-corrected chi connectivity index (χ1v) is 5.82. The molecule has 2 rings (SSSR count). The van der Waals surface area contributed by atoms with Gasteiger partial charge in [0.25, 0.3) is 0 Å². The number of rotatable bonds is 2. The van der Waals surface area contributed by atoms with Gasteiger partial charge < -0.3 is 0 Å². The minimum Gasteiger partial charge on any atom is -0.295 e. The Bertz CT molecular complexity index is 377. The van der Waals surface area contributed by atoms with E-state index >= 15 is 0 Å². The Labute approximate surface area is 112 Å². The topological polar surface area (TPSA) is 3.24 Å². The first kappa shape index (κ1) is 13.9. The molecule has 0 fully saturated rings. The van der Waals surface area contributed by atoms with Crippen molar-refractivity contribution in [2.75, 3.05) is 13.1 Å². The molecule has 0 radical (unpaired) electrons. The van der Waals surface area contributed by atoms with Gasteiger partial charge in [0.2, 0.25) is 0 Å². The molecule has 0 unspecified atom stereocenters. The van der Waals surface area contributed by atoms with Gasteiger partial charge in [-0.2, -0.15) is 0 Å². The third kappa shape index (κ3) is 3.67. The summed E-state index contributed by atoms with van der Waals surface area (Å²) in [5.74, 6) is 0. The minimum atomic E-state index is 0. The molecule has 0 bridgehead atoms. The lowest BCUT2D eigenvalue weighted by molar-refractivity contribution is 0.291. The Kier molecular flexibility index (Phi) is 5.63. The van der Waals surface area contributed by atoms with E-state index in [1.165, 1.54) is 0 Å². The van der Waals surface area contributed by atoms with Crippen molar-refractivity contribution in [1.29, 1.82) is 0 Å². The zero-order valence-electron chi connectivity index (χ0n) is 8.83. The van der Waals surface area contributed by atoms with Crippen LogP contribution in [-0.2, 0) is 6.54 Å². The first-order chi connectivity index (χ1) is 7.25. The SMILES string of the molecule is Cl.Clc1ccc(CN2CC=CCC2)c(Cl)c1. The summed E-state index contributed by atoms with van der Waals surface area (Å²) >= 11 is 12.0. The lowest BCUT2D eigenvalue weighted by atomic mass is 10.2. The normalized spacial score (nSPS) is 15.9. The summed E-state index contributed by atoms with van der Waals surface area (Å²) in [5.41, 5.74) is 1.15. The monoisotopic (exact) mass is 277 g/mol. The van der Waals surface area contributed by atoms with Crippen LogP contribution in [0.3, 0.4) is 0 Å². The van der Waals surface area contributed by atoms with Crippen molar-refractivity contribution in [3.8, 4) is 0 Å². The van der Waals surface area contributed by atoms with Crippen LogP contribution in [-0.4, -0.2) is 18.0 Å². The lowest BCUT2D eigenvalue weighted by Crippen LogP contribution is -2.26. The van der Waals surface area contributed by atoms with Gasteiger partial charge in [-0.25, -0.2) is 0 Å². The predicted octanol–water partition coefficient (Wildman–Crippen LogP) is 4.18. The average Bonchev–Trinajstić information content (AvgIpc) is 2.24. The third-order valence-corrected chi connectivity index (χ3v) is 3.14. The number of hydrogen-bond acceptors (Lipinski definition) is 1. The zero-order valence-corrected chi connectivity index (χ0v) is 11.2. The second-order valence-electron chi connectivity index (χ2n) is 3.73. The highest BCUT2D eigenvalue weighted by Crippen LogP contribution is 2.22. The maximum absolute atomic E-state index is 6.12. The van der Waals surface area contributed by atoms with E-state index in [-0.39, 0.29) is 12.4 Å². The van der Waals surface area contributed by atoms with Crippen LogP contribution in [0, 0.1) is 0 Å². The van der Waals surface area contributed by atoms with Gasteiger partial charge in [0.05, 0.1) is 0 Å². The van der Waals surface area contributed by atoms with Gasteiger partial charge in [0, 0.05) is 29.7 Å². The number of hydrogen-bond donors (Lipinski definition) is 0. The summed E-state index contributed by atoms with van der Waals surface area (Å²) < 4.78 is 0. The average molecular weight is 279 g/mol. The maximum Gasteiger partial charge on any atom is 0.0465 e. The highest BCUT2D eigenvalue weighted by Gasteiger charge is 2.09. The highest BCUT2D eigenvalue weighted by atomic mass is 35.5. The van der Waals surface area contributed by atoms with Crippen LogP contribution in [0.5, 0.6) is 0 Å². The molecule has 0 saturated heterocycles. The third-order valence-electron chi connectivity index (χ3n) is 2.55. The second kappa shape index (κ2) is 6.51. The van der Waals surface area contributed by atoms with Crippen molar-refractivity contribution in [3.05, 3.63) is 46.0 Å². The molecule has 0 aromatic heterocycles. The molecule has 0 spiro atoms. The molecule has 1 heterocycles. The molecule has 0 aliphatic carbocycles. The van der Waals surface area contributed by atoms with Crippen molar-refractivity contribution < 1.29 is 0 Å². The van der Waals surface area contributed by atoms with Gasteiger partial charge in [-0.1, -0.05) is 41.4 Å². The van der Waals surface area contributed by atoms with Crippen LogP contribution < -0.4 is 0 Å². The van der Waals surface area contributed by atoms with Gasteiger partial charge in [-0.3, -0.25) is 4.90 Å². The fourth-order valence-electron chi connectivity index (χ4n) is 1.72. The highest BCUT2D eigenvalue weighted by molar-refractivity contribution is 6.35. The molecule has 0 N–H and O–H groups in total. The molecule has 4 heteroatoms. The summed E-state index contributed by atoms with van der Waals surface area (Å²) in [7, 11) is 0. The van der Waals surface area contributed by atoms with Crippen LogP contribution in [0.1, 0.15) is 12.0 Å². The van der Waals surface area contributed by atoms with Crippen LogP contribution >= 0.6 is 35.6 Å². The molecule has 1 aliphatic heterocycles. The van der Waals surface area contributed by atoms with Crippen molar-refractivity contribution in [3.63, 3.8) is 0 Å². The Balaban J connectivity index is 0.00000128. The van der Waals surface area contributed by atoms with E-state index in [0.717, 1.165) is 36.6 Å². The summed E-state index contributed by atoms with van der Waals surface area (Å²) in [5, 5.41) is 1.46. The molecule has 0 atom stereocenters. The van der Waals surface area contributed by atoms with E-state index in [4.69, 9.17) is 23.2 Å². The standard InChI is InChI=1S/C12H13Cl2N.ClH/c13-11-5-4-10(12(14)8-11)9-15-6-2-1-3-7-15;/h1-2,4-5,8H,3,6-7,9H2;1H. The number of halogens is 3. The Morgan fingerprint density at radius 1 is 1.19 bits per heavy atom. The Morgan fingerprint density at radius 3 is 2.62 bits per heavy atom. The van der Waals surface area contributed by atoms with Crippen LogP contribution in [0.4, 0.5) is 0 Å². The molecule has 0 amide bonds. The fourth-order valence-corrected chi connectivity index (χ4v) is 2.19. The summed E-state index contributed by atoms with van der Waals surface area (Å²) in [4.78, 5) is 2.37. The molecule has 16 heavy (non-hydrogen) atoms. The fraction of sp³-hybridized carbons (Fsp3) is 0.333. The summed E-state index contributed by atoms with van der Waals surface area (Å²) in [6, 6.07) is 5.70. The Hall–Kier alpha value is -0.210. The molecule has 1 aromatic rings. The summed E-state index contributed by atoms with van der Waals surface area (Å²) in [6.45, 7) is 3.02. The van der Waals surface area contributed by atoms with Gasteiger partial charge in [-0.05, 0) is 24.1 Å². The Morgan fingerprint density at radius 2 is 2.00 bits per heavy atom. The first-order valence-electron chi connectivity index (χ1n) is 5.07. The molecule has 1 nitrogen and oxygen atoms in total. The van der Waals surface area contributed by atoms with E-state index in [1.807, 2.05) is 12.1 Å². The lowest BCUT2D eigenvalue weighted by Gasteiger charge is -2.23. The van der Waals surface area contributed by atoms with Gasteiger partial charge in [-0.15, -0.1) is 12.4 Å². The quantitative estimate of drug-likeness (QED) is 0.734. The molecule has 0 saturated carbocycles. The van der Waals surface area contributed by atoms with E-state index in [9.17, 15) is 0 Å². The van der Waals surface area contributed by atoms with Crippen molar-refractivity contribution in [1.82, 2.24) is 4.90 Å². The van der Waals surface area contributed by atoms with Gasteiger partial charge in [0.1, 0.15) is 0 Å². The van der Waals surface area contributed by atoms with E-state index < -0.39 is 0 Å². The van der Waals surface area contributed by atoms with E-state index in [2.05, 4.69) is 17.1 Å².